The molecule has 0 fully saturated rings. The van der Waals surface area contributed by atoms with Crippen LogP contribution in [0.15, 0.2) is 42.6 Å². The lowest BCUT2D eigenvalue weighted by molar-refractivity contribution is 0.0694. The summed E-state index contributed by atoms with van der Waals surface area (Å²) in [6.07, 6.45) is 1.92. The Bertz CT molecular complexity index is 1070. The zero-order valence-electron chi connectivity index (χ0n) is 15.2. The zero-order chi connectivity index (χ0) is 20.4. The van der Waals surface area contributed by atoms with Crippen LogP contribution in [0.25, 0.3) is 10.9 Å². The lowest BCUT2D eigenvalue weighted by Crippen LogP contribution is -2.36. The molecule has 1 aromatic heterocycles. The van der Waals surface area contributed by atoms with Crippen molar-refractivity contribution >= 4 is 22.8 Å². The molecular formula is C20H18FN3O4. The number of aromatic nitrogens is 1. The molecule has 7 nitrogen and oxygen atoms in total. The van der Waals surface area contributed by atoms with Crippen molar-refractivity contribution in [1.82, 2.24) is 15.4 Å². The number of carbonyl (C=O) groups is 2. The Morgan fingerprint density at radius 2 is 1.79 bits per heavy atom. The SMILES string of the molecule is CN(C)NC(=O)c1cc(C(=O)O)c(O)c2ncc(Cc3ccc(F)cc3)cc12. The Kier molecular flexibility index (Phi) is 5.23. The van der Waals surface area contributed by atoms with Gasteiger partial charge in [0.1, 0.15) is 16.9 Å². The number of carboxylic acid groups (broad SMARTS) is 1. The van der Waals surface area contributed by atoms with Crippen LogP contribution in [-0.4, -0.2) is 46.2 Å². The highest BCUT2D eigenvalue weighted by Gasteiger charge is 2.21. The number of nitrogens with one attached hydrogen (secondary N) is 1. The summed E-state index contributed by atoms with van der Waals surface area (Å²) in [5.41, 5.74) is 3.82. The lowest BCUT2D eigenvalue weighted by Gasteiger charge is -2.15. The van der Waals surface area contributed by atoms with Crippen molar-refractivity contribution in [2.45, 2.75) is 6.42 Å². The number of hydrogen-bond acceptors (Lipinski definition) is 5. The van der Waals surface area contributed by atoms with Gasteiger partial charge in [-0.3, -0.25) is 15.2 Å². The number of pyridine rings is 1. The number of hydrazine groups is 1. The summed E-state index contributed by atoms with van der Waals surface area (Å²) in [6, 6.07) is 8.79. The van der Waals surface area contributed by atoms with Gasteiger partial charge in [-0.25, -0.2) is 14.2 Å². The van der Waals surface area contributed by atoms with Crippen molar-refractivity contribution in [2.24, 2.45) is 0 Å². The van der Waals surface area contributed by atoms with E-state index in [2.05, 4.69) is 10.4 Å². The number of carbonyl (C=O) groups excluding carboxylic acids is 1. The molecule has 3 N–H and O–H groups in total. The predicted molar refractivity (Wildman–Crippen MR) is 101 cm³/mol. The monoisotopic (exact) mass is 383 g/mol. The van der Waals surface area contributed by atoms with Crippen molar-refractivity contribution in [1.29, 1.82) is 0 Å². The molecule has 28 heavy (non-hydrogen) atoms. The number of halogens is 1. The van der Waals surface area contributed by atoms with Crippen LogP contribution in [0.4, 0.5) is 4.39 Å². The number of nitrogens with zero attached hydrogens (tertiary/aromatic N) is 2. The van der Waals surface area contributed by atoms with Crippen molar-refractivity contribution in [3.8, 4) is 5.75 Å². The van der Waals surface area contributed by atoms with E-state index in [0.717, 1.165) is 17.2 Å². The minimum atomic E-state index is -1.37. The molecule has 8 heteroatoms. The molecule has 2 aromatic carbocycles. The number of hydrogen-bond donors (Lipinski definition) is 3. The van der Waals surface area contributed by atoms with E-state index >= 15 is 0 Å². The highest BCUT2D eigenvalue weighted by atomic mass is 19.1. The van der Waals surface area contributed by atoms with E-state index in [1.54, 1.807) is 32.3 Å². The topological polar surface area (TPSA) is 103 Å². The number of benzene rings is 2. The summed E-state index contributed by atoms with van der Waals surface area (Å²) in [4.78, 5) is 28.2. The van der Waals surface area contributed by atoms with Crippen LogP contribution >= 0.6 is 0 Å². The van der Waals surface area contributed by atoms with Crippen molar-refractivity contribution in [2.75, 3.05) is 14.1 Å². The number of amides is 1. The van der Waals surface area contributed by atoms with Crippen LogP contribution in [-0.2, 0) is 6.42 Å². The molecule has 0 saturated heterocycles. The fraction of sp³-hybridized carbons (Fsp3) is 0.150. The van der Waals surface area contributed by atoms with Gasteiger partial charge in [0.15, 0.2) is 5.75 Å². The Hall–Kier alpha value is -3.52. The highest BCUT2D eigenvalue weighted by molar-refractivity contribution is 6.11. The van der Waals surface area contributed by atoms with Gasteiger partial charge in [0.05, 0.1) is 5.56 Å². The molecule has 1 heterocycles. The highest BCUT2D eigenvalue weighted by Crippen LogP contribution is 2.31. The normalized spacial score (nSPS) is 11.0. The third-order valence-electron chi connectivity index (χ3n) is 4.12. The smallest absolute Gasteiger partial charge is 0.339 e. The van der Waals surface area contributed by atoms with Crippen molar-refractivity contribution in [3.05, 3.63) is 70.7 Å². The second kappa shape index (κ2) is 7.61. The Morgan fingerprint density at radius 3 is 2.39 bits per heavy atom. The van der Waals surface area contributed by atoms with Crippen LogP contribution in [0.2, 0.25) is 0 Å². The molecule has 0 radical (unpaired) electrons. The van der Waals surface area contributed by atoms with Gasteiger partial charge < -0.3 is 10.2 Å². The summed E-state index contributed by atoms with van der Waals surface area (Å²) in [7, 11) is 3.24. The average Bonchev–Trinajstić information content (AvgIpc) is 2.63. The summed E-state index contributed by atoms with van der Waals surface area (Å²) in [5, 5.41) is 21.4. The number of aromatic carboxylic acids is 1. The minimum absolute atomic E-state index is 0.0201. The van der Waals surface area contributed by atoms with E-state index in [1.165, 1.54) is 23.3 Å². The molecule has 0 saturated carbocycles. The van der Waals surface area contributed by atoms with E-state index in [4.69, 9.17) is 0 Å². The predicted octanol–water partition coefficient (Wildman–Crippen LogP) is 2.57. The fourth-order valence-corrected chi connectivity index (χ4v) is 2.87. The largest absolute Gasteiger partial charge is 0.505 e. The maximum absolute atomic E-state index is 13.1. The van der Waals surface area contributed by atoms with Gasteiger partial charge in [0.25, 0.3) is 5.91 Å². The number of fused-ring (bicyclic) bond motifs is 1. The summed E-state index contributed by atoms with van der Waals surface area (Å²) >= 11 is 0. The molecule has 3 aromatic rings. The van der Waals surface area contributed by atoms with E-state index in [9.17, 15) is 24.2 Å². The van der Waals surface area contributed by atoms with Crippen LogP contribution < -0.4 is 5.43 Å². The third-order valence-corrected chi connectivity index (χ3v) is 4.12. The first kappa shape index (κ1) is 19.2. The van der Waals surface area contributed by atoms with Crippen LogP contribution in [0, 0.1) is 5.82 Å². The number of phenols is 1. The molecule has 3 rings (SSSR count). The summed E-state index contributed by atoms with van der Waals surface area (Å²) in [5.74, 6) is -2.74. The maximum Gasteiger partial charge on any atom is 0.339 e. The van der Waals surface area contributed by atoms with Crippen molar-refractivity contribution < 1.29 is 24.2 Å². The molecule has 0 aliphatic heterocycles. The quantitative estimate of drug-likeness (QED) is 0.585. The molecule has 1 amide bonds. The lowest BCUT2D eigenvalue weighted by atomic mass is 9.99. The third kappa shape index (κ3) is 3.91. The van der Waals surface area contributed by atoms with Crippen LogP contribution in [0.3, 0.4) is 0 Å². The first-order valence-corrected chi connectivity index (χ1v) is 8.37. The second-order valence-corrected chi connectivity index (χ2v) is 6.50. The standard InChI is InChI=1S/C20H18FN3O4/c1-24(2)23-19(26)15-9-16(20(27)28)18(25)17-14(15)8-12(10-22-17)7-11-3-5-13(21)6-4-11/h3-6,8-10,25H,7H2,1-2H3,(H,23,26)(H,27,28). The Balaban J connectivity index is 2.13. The van der Waals surface area contributed by atoms with Gasteiger partial charge in [0, 0.05) is 25.7 Å². The Labute approximate surface area is 160 Å². The van der Waals surface area contributed by atoms with Crippen LogP contribution in [0.5, 0.6) is 5.75 Å². The van der Waals surface area contributed by atoms with Crippen LogP contribution in [0.1, 0.15) is 31.8 Å². The van der Waals surface area contributed by atoms with E-state index in [-0.39, 0.29) is 16.9 Å². The molecule has 0 aliphatic carbocycles. The van der Waals surface area contributed by atoms with Gasteiger partial charge >= 0.3 is 5.97 Å². The van der Waals surface area contributed by atoms with E-state index in [1.807, 2.05) is 0 Å². The average molecular weight is 383 g/mol. The van der Waals surface area contributed by atoms with Gasteiger partial charge in [-0.2, -0.15) is 0 Å². The molecule has 0 unspecified atom stereocenters. The van der Waals surface area contributed by atoms with E-state index < -0.39 is 23.2 Å². The molecule has 0 atom stereocenters. The molecule has 0 spiro atoms. The van der Waals surface area contributed by atoms with Gasteiger partial charge in [0.2, 0.25) is 0 Å². The van der Waals surface area contributed by atoms with Gasteiger partial charge in [-0.05, 0) is 41.8 Å². The van der Waals surface area contributed by atoms with E-state index in [0.29, 0.717) is 11.8 Å². The number of aromatic hydroxyl groups is 1. The number of rotatable bonds is 5. The van der Waals surface area contributed by atoms with Crippen molar-refractivity contribution in [3.63, 3.8) is 0 Å². The van der Waals surface area contributed by atoms with Gasteiger partial charge in [-0.15, -0.1) is 0 Å². The first-order chi connectivity index (χ1) is 13.3. The summed E-state index contributed by atoms with van der Waals surface area (Å²) < 4.78 is 13.1. The fourth-order valence-electron chi connectivity index (χ4n) is 2.87. The summed E-state index contributed by atoms with van der Waals surface area (Å²) in [6.45, 7) is 0. The second-order valence-electron chi connectivity index (χ2n) is 6.50. The first-order valence-electron chi connectivity index (χ1n) is 8.37. The minimum Gasteiger partial charge on any atom is -0.505 e. The molecule has 0 bridgehead atoms. The molecule has 144 valence electrons. The molecule has 0 aliphatic rings. The van der Waals surface area contributed by atoms with Gasteiger partial charge in [-0.1, -0.05) is 12.1 Å². The zero-order valence-corrected chi connectivity index (χ0v) is 15.2. The maximum atomic E-state index is 13.1. The molecular weight excluding hydrogens is 365 g/mol. The number of carboxylic acids is 1. The Morgan fingerprint density at radius 1 is 1.11 bits per heavy atom.